The molecule has 6 nitrogen and oxygen atoms in total. The summed E-state index contributed by atoms with van der Waals surface area (Å²) in [5, 5.41) is 2.97. The molecule has 0 aromatic heterocycles. The van der Waals surface area contributed by atoms with Crippen molar-refractivity contribution in [2.24, 2.45) is 0 Å². The lowest BCUT2D eigenvalue weighted by Gasteiger charge is -2.26. The molecule has 3 rings (SSSR count). The molecule has 0 aliphatic heterocycles. The Balaban J connectivity index is 1.51. The number of aryl methyl sites for hydroxylation is 1. The number of fused-ring (bicyclic) bond motifs is 1. The monoisotopic (exact) mass is 423 g/mol. The van der Waals surface area contributed by atoms with Crippen molar-refractivity contribution in [1.29, 1.82) is 0 Å². The standard InChI is InChI=1S/C25H29NO5/c1-3-29-22-14-12-18(16-23(22)30-4-2)13-15-25(28)31-17-24(27)26-21-11-7-9-19-8-5-6-10-20(19)21/h5-6,8,10,12-16,21H,3-4,7,9,11,17H2,1-2H3,(H,26,27)/b15-13+/t21-/m0/s1. The molecule has 1 amide bonds. The Morgan fingerprint density at radius 3 is 2.65 bits per heavy atom. The number of rotatable bonds is 9. The predicted octanol–water partition coefficient (Wildman–Crippen LogP) is 4.23. The van der Waals surface area contributed by atoms with Crippen LogP contribution < -0.4 is 14.8 Å². The summed E-state index contributed by atoms with van der Waals surface area (Å²) < 4.78 is 16.2. The highest BCUT2D eigenvalue weighted by Crippen LogP contribution is 2.30. The third kappa shape index (κ3) is 6.35. The van der Waals surface area contributed by atoms with Gasteiger partial charge in [-0.3, -0.25) is 4.79 Å². The molecule has 1 atom stereocenters. The highest BCUT2D eigenvalue weighted by atomic mass is 16.5. The number of nitrogens with one attached hydrogen (secondary N) is 1. The Morgan fingerprint density at radius 2 is 1.84 bits per heavy atom. The van der Waals surface area contributed by atoms with Crippen LogP contribution in [0.15, 0.2) is 48.5 Å². The fourth-order valence-corrected chi connectivity index (χ4v) is 3.66. The van der Waals surface area contributed by atoms with E-state index in [0.29, 0.717) is 24.7 Å². The molecule has 0 bridgehead atoms. The van der Waals surface area contributed by atoms with Gasteiger partial charge in [0, 0.05) is 6.08 Å². The summed E-state index contributed by atoms with van der Waals surface area (Å²) in [5.74, 6) is 0.395. The summed E-state index contributed by atoms with van der Waals surface area (Å²) >= 11 is 0. The number of hydrogen-bond donors (Lipinski definition) is 1. The van der Waals surface area contributed by atoms with Crippen molar-refractivity contribution in [1.82, 2.24) is 5.32 Å². The molecule has 0 saturated carbocycles. The van der Waals surface area contributed by atoms with Crippen LogP contribution in [0.3, 0.4) is 0 Å². The normalized spacial score (nSPS) is 15.2. The Morgan fingerprint density at radius 1 is 1.06 bits per heavy atom. The number of amides is 1. The first-order chi connectivity index (χ1) is 15.1. The summed E-state index contributed by atoms with van der Waals surface area (Å²) in [7, 11) is 0. The van der Waals surface area contributed by atoms with Crippen LogP contribution in [0.5, 0.6) is 11.5 Å². The maximum absolute atomic E-state index is 12.3. The number of esters is 1. The van der Waals surface area contributed by atoms with E-state index in [1.807, 2.05) is 38.1 Å². The summed E-state index contributed by atoms with van der Waals surface area (Å²) in [4.78, 5) is 24.3. The molecular formula is C25H29NO5. The maximum Gasteiger partial charge on any atom is 0.331 e. The molecule has 1 aliphatic rings. The van der Waals surface area contributed by atoms with E-state index >= 15 is 0 Å². The summed E-state index contributed by atoms with van der Waals surface area (Å²) in [6.45, 7) is 4.54. The van der Waals surface area contributed by atoms with E-state index in [1.54, 1.807) is 18.2 Å². The number of ether oxygens (including phenoxy) is 3. The lowest BCUT2D eigenvalue weighted by atomic mass is 9.88. The highest BCUT2D eigenvalue weighted by Gasteiger charge is 2.21. The van der Waals surface area contributed by atoms with Gasteiger partial charge in [0.25, 0.3) is 5.91 Å². The summed E-state index contributed by atoms with van der Waals surface area (Å²) in [5.41, 5.74) is 3.18. The molecule has 2 aromatic carbocycles. The Bertz CT molecular complexity index is 937. The molecule has 1 N–H and O–H groups in total. The zero-order chi connectivity index (χ0) is 22.1. The van der Waals surface area contributed by atoms with Gasteiger partial charge in [-0.15, -0.1) is 0 Å². The van der Waals surface area contributed by atoms with E-state index in [0.717, 1.165) is 30.4 Å². The number of carbonyl (C=O) groups is 2. The Kier molecular flexibility index (Phi) is 8.10. The second kappa shape index (κ2) is 11.2. The molecule has 0 unspecified atom stereocenters. The molecule has 6 heteroatoms. The number of carbonyl (C=O) groups excluding carboxylic acids is 2. The van der Waals surface area contributed by atoms with Gasteiger partial charge in [0.15, 0.2) is 18.1 Å². The van der Waals surface area contributed by atoms with Crippen molar-refractivity contribution < 1.29 is 23.8 Å². The van der Waals surface area contributed by atoms with E-state index in [4.69, 9.17) is 14.2 Å². The minimum absolute atomic E-state index is 0.0347. The fraction of sp³-hybridized carbons (Fsp3) is 0.360. The van der Waals surface area contributed by atoms with Crippen LogP contribution in [0.4, 0.5) is 0 Å². The van der Waals surface area contributed by atoms with Crippen molar-refractivity contribution in [2.75, 3.05) is 19.8 Å². The lowest BCUT2D eigenvalue weighted by Crippen LogP contribution is -2.34. The van der Waals surface area contributed by atoms with Crippen LogP contribution in [0.25, 0.3) is 6.08 Å². The van der Waals surface area contributed by atoms with Crippen molar-refractivity contribution in [2.45, 2.75) is 39.2 Å². The topological polar surface area (TPSA) is 73.9 Å². The van der Waals surface area contributed by atoms with Gasteiger partial charge >= 0.3 is 5.97 Å². The van der Waals surface area contributed by atoms with E-state index in [-0.39, 0.29) is 18.6 Å². The van der Waals surface area contributed by atoms with Crippen molar-refractivity contribution in [3.8, 4) is 11.5 Å². The van der Waals surface area contributed by atoms with Gasteiger partial charge < -0.3 is 19.5 Å². The first kappa shape index (κ1) is 22.4. The largest absolute Gasteiger partial charge is 0.490 e. The first-order valence-corrected chi connectivity index (χ1v) is 10.7. The molecule has 0 heterocycles. The van der Waals surface area contributed by atoms with Crippen LogP contribution in [-0.4, -0.2) is 31.7 Å². The van der Waals surface area contributed by atoms with Gasteiger partial charge in [0.05, 0.1) is 19.3 Å². The van der Waals surface area contributed by atoms with Crippen LogP contribution in [-0.2, 0) is 20.7 Å². The molecule has 0 saturated heterocycles. The molecule has 31 heavy (non-hydrogen) atoms. The van der Waals surface area contributed by atoms with Crippen LogP contribution in [0.2, 0.25) is 0 Å². The lowest BCUT2D eigenvalue weighted by molar-refractivity contribution is -0.144. The van der Waals surface area contributed by atoms with E-state index in [2.05, 4.69) is 11.4 Å². The second-order valence-electron chi connectivity index (χ2n) is 7.22. The van der Waals surface area contributed by atoms with E-state index in [9.17, 15) is 9.59 Å². The quantitative estimate of drug-likeness (QED) is 0.483. The van der Waals surface area contributed by atoms with Crippen molar-refractivity contribution >= 4 is 18.0 Å². The SMILES string of the molecule is CCOc1ccc(/C=C/C(=O)OCC(=O)N[C@H]2CCCc3ccccc32)cc1OCC. The van der Waals surface area contributed by atoms with E-state index < -0.39 is 5.97 Å². The molecule has 0 fully saturated rings. The molecule has 0 radical (unpaired) electrons. The zero-order valence-corrected chi connectivity index (χ0v) is 18.1. The molecular weight excluding hydrogens is 394 g/mol. The first-order valence-electron chi connectivity index (χ1n) is 10.7. The average molecular weight is 424 g/mol. The van der Waals surface area contributed by atoms with Crippen LogP contribution in [0, 0.1) is 0 Å². The van der Waals surface area contributed by atoms with Gasteiger partial charge in [0.2, 0.25) is 0 Å². The molecule has 164 valence electrons. The summed E-state index contributed by atoms with van der Waals surface area (Å²) in [6.07, 6.45) is 5.86. The highest BCUT2D eigenvalue weighted by molar-refractivity contribution is 5.89. The van der Waals surface area contributed by atoms with E-state index in [1.165, 1.54) is 11.6 Å². The zero-order valence-electron chi connectivity index (χ0n) is 18.1. The fourth-order valence-electron chi connectivity index (χ4n) is 3.66. The second-order valence-corrected chi connectivity index (χ2v) is 7.22. The number of benzene rings is 2. The summed E-state index contributed by atoms with van der Waals surface area (Å²) in [6, 6.07) is 13.5. The molecule has 0 spiro atoms. The van der Waals surface area contributed by atoms with Gasteiger partial charge in [-0.2, -0.15) is 0 Å². The smallest absolute Gasteiger partial charge is 0.331 e. The Hall–Kier alpha value is -3.28. The Labute approximate surface area is 183 Å². The predicted molar refractivity (Wildman–Crippen MR) is 119 cm³/mol. The maximum atomic E-state index is 12.3. The molecule has 1 aliphatic carbocycles. The molecule has 2 aromatic rings. The van der Waals surface area contributed by atoms with Gasteiger partial charge in [0.1, 0.15) is 0 Å². The third-order valence-electron chi connectivity index (χ3n) is 5.03. The van der Waals surface area contributed by atoms with Crippen LogP contribution in [0.1, 0.15) is 49.4 Å². The van der Waals surface area contributed by atoms with Crippen molar-refractivity contribution in [3.63, 3.8) is 0 Å². The number of hydrogen-bond acceptors (Lipinski definition) is 5. The average Bonchev–Trinajstić information content (AvgIpc) is 2.78. The van der Waals surface area contributed by atoms with Crippen molar-refractivity contribution in [3.05, 3.63) is 65.2 Å². The van der Waals surface area contributed by atoms with Crippen LogP contribution >= 0.6 is 0 Å². The van der Waals surface area contributed by atoms with Gasteiger partial charge in [-0.05, 0) is 68.0 Å². The third-order valence-corrected chi connectivity index (χ3v) is 5.03. The minimum Gasteiger partial charge on any atom is -0.490 e. The minimum atomic E-state index is -0.578. The van der Waals surface area contributed by atoms with Gasteiger partial charge in [-0.1, -0.05) is 30.3 Å². The van der Waals surface area contributed by atoms with Gasteiger partial charge in [-0.25, -0.2) is 4.79 Å².